The van der Waals surface area contributed by atoms with Gasteiger partial charge in [-0.25, -0.2) is 0 Å². The summed E-state index contributed by atoms with van der Waals surface area (Å²) in [6, 6.07) is 7.25. The third kappa shape index (κ3) is 5.64. The van der Waals surface area contributed by atoms with Crippen LogP contribution in [-0.2, 0) is 11.3 Å². The first-order chi connectivity index (χ1) is 11.5. The Bertz CT molecular complexity index is 565. The maximum absolute atomic E-state index is 12.1. The van der Waals surface area contributed by atoms with E-state index in [2.05, 4.69) is 10.6 Å². The van der Waals surface area contributed by atoms with Gasteiger partial charge in [0.1, 0.15) is 0 Å². The SMILES string of the molecule is CCCNC(=O)c1cccc(CNC(=O)CC2(O)CCCCC2)c1. The van der Waals surface area contributed by atoms with Crippen LogP contribution in [0.25, 0.3) is 0 Å². The Balaban J connectivity index is 1.85. The molecule has 1 aromatic carbocycles. The zero-order chi connectivity index (χ0) is 17.4. The normalized spacial score (nSPS) is 16.4. The summed E-state index contributed by atoms with van der Waals surface area (Å²) in [7, 11) is 0. The van der Waals surface area contributed by atoms with Crippen molar-refractivity contribution in [2.75, 3.05) is 6.54 Å². The molecule has 132 valence electrons. The zero-order valence-electron chi connectivity index (χ0n) is 14.4. The van der Waals surface area contributed by atoms with Crippen LogP contribution in [0, 0.1) is 0 Å². The van der Waals surface area contributed by atoms with Gasteiger partial charge in [0.15, 0.2) is 0 Å². The van der Waals surface area contributed by atoms with E-state index in [-0.39, 0.29) is 18.2 Å². The molecule has 0 aliphatic heterocycles. The van der Waals surface area contributed by atoms with E-state index in [1.807, 2.05) is 19.1 Å². The minimum Gasteiger partial charge on any atom is -0.389 e. The molecule has 1 saturated carbocycles. The first-order valence-electron chi connectivity index (χ1n) is 8.89. The maximum atomic E-state index is 12.1. The monoisotopic (exact) mass is 332 g/mol. The number of aliphatic hydroxyl groups is 1. The molecule has 1 aliphatic carbocycles. The van der Waals surface area contributed by atoms with E-state index in [9.17, 15) is 14.7 Å². The highest BCUT2D eigenvalue weighted by atomic mass is 16.3. The number of nitrogens with one attached hydrogen (secondary N) is 2. The van der Waals surface area contributed by atoms with Gasteiger partial charge in [0.05, 0.1) is 12.0 Å². The Morgan fingerprint density at radius 1 is 1.17 bits per heavy atom. The van der Waals surface area contributed by atoms with E-state index < -0.39 is 5.60 Å². The largest absolute Gasteiger partial charge is 0.389 e. The van der Waals surface area contributed by atoms with Crippen molar-refractivity contribution in [1.29, 1.82) is 0 Å². The van der Waals surface area contributed by atoms with Crippen LogP contribution in [0.5, 0.6) is 0 Å². The van der Waals surface area contributed by atoms with Crippen molar-refractivity contribution in [3.63, 3.8) is 0 Å². The maximum Gasteiger partial charge on any atom is 0.251 e. The predicted molar refractivity (Wildman–Crippen MR) is 93.6 cm³/mol. The molecule has 0 saturated heterocycles. The highest BCUT2D eigenvalue weighted by Gasteiger charge is 2.31. The molecule has 0 atom stereocenters. The van der Waals surface area contributed by atoms with Crippen molar-refractivity contribution in [3.05, 3.63) is 35.4 Å². The molecule has 1 aliphatic rings. The summed E-state index contributed by atoms with van der Waals surface area (Å²) in [5, 5.41) is 16.1. The van der Waals surface area contributed by atoms with E-state index >= 15 is 0 Å². The number of carbonyl (C=O) groups excluding carboxylic acids is 2. The molecule has 0 spiro atoms. The fraction of sp³-hybridized carbons (Fsp3) is 0.579. The van der Waals surface area contributed by atoms with E-state index in [0.29, 0.717) is 31.5 Å². The summed E-state index contributed by atoms with van der Waals surface area (Å²) < 4.78 is 0. The number of amides is 2. The number of rotatable bonds is 7. The van der Waals surface area contributed by atoms with Crippen LogP contribution >= 0.6 is 0 Å². The number of benzene rings is 1. The van der Waals surface area contributed by atoms with Crippen LogP contribution in [0.15, 0.2) is 24.3 Å². The summed E-state index contributed by atoms with van der Waals surface area (Å²) in [4.78, 5) is 24.1. The first-order valence-corrected chi connectivity index (χ1v) is 8.89. The van der Waals surface area contributed by atoms with Gasteiger partial charge in [0.2, 0.25) is 5.91 Å². The van der Waals surface area contributed by atoms with Crippen molar-refractivity contribution < 1.29 is 14.7 Å². The second-order valence-corrected chi connectivity index (χ2v) is 6.69. The zero-order valence-corrected chi connectivity index (χ0v) is 14.4. The molecule has 5 heteroatoms. The lowest BCUT2D eigenvalue weighted by Crippen LogP contribution is -2.38. The minimum absolute atomic E-state index is 0.0958. The van der Waals surface area contributed by atoms with Gasteiger partial charge in [0, 0.05) is 18.7 Å². The second kappa shape index (κ2) is 8.83. The van der Waals surface area contributed by atoms with Crippen LogP contribution in [-0.4, -0.2) is 29.1 Å². The highest BCUT2D eigenvalue weighted by Crippen LogP contribution is 2.30. The summed E-state index contributed by atoms with van der Waals surface area (Å²) in [6.07, 6.45) is 5.56. The summed E-state index contributed by atoms with van der Waals surface area (Å²) >= 11 is 0. The summed E-state index contributed by atoms with van der Waals surface area (Å²) in [5.41, 5.74) is 0.633. The summed E-state index contributed by atoms with van der Waals surface area (Å²) in [6.45, 7) is 3.02. The third-order valence-electron chi connectivity index (χ3n) is 4.49. The number of carbonyl (C=O) groups is 2. The van der Waals surface area contributed by atoms with Crippen LogP contribution in [0.4, 0.5) is 0 Å². The molecular weight excluding hydrogens is 304 g/mol. The lowest BCUT2D eigenvalue weighted by atomic mass is 9.82. The van der Waals surface area contributed by atoms with Crippen molar-refractivity contribution in [1.82, 2.24) is 10.6 Å². The Hall–Kier alpha value is -1.88. The molecule has 5 nitrogen and oxygen atoms in total. The molecular formula is C19H28N2O3. The molecule has 0 heterocycles. The molecule has 0 unspecified atom stereocenters. The van der Waals surface area contributed by atoms with Gasteiger partial charge in [0.25, 0.3) is 5.91 Å². The Kier molecular flexibility index (Phi) is 6.79. The smallest absolute Gasteiger partial charge is 0.251 e. The summed E-state index contributed by atoms with van der Waals surface area (Å²) in [5.74, 6) is -0.234. The molecule has 0 bridgehead atoms. The van der Waals surface area contributed by atoms with E-state index in [0.717, 1.165) is 31.2 Å². The van der Waals surface area contributed by atoms with Crippen molar-refractivity contribution >= 4 is 11.8 Å². The van der Waals surface area contributed by atoms with E-state index in [1.54, 1.807) is 12.1 Å². The average Bonchev–Trinajstić information content (AvgIpc) is 2.58. The fourth-order valence-electron chi connectivity index (χ4n) is 3.11. The standard InChI is InChI=1S/C19H28N2O3/c1-2-11-20-18(23)16-8-6-7-15(12-16)14-21-17(22)13-19(24)9-4-3-5-10-19/h6-8,12,24H,2-5,9-11,13-14H2,1H3,(H,20,23)(H,21,22). The van der Waals surface area contributed by atoms with Gasteiger partial charge in [-0.3, -0.25) is 9.59 Å². The third-order valence-corrected chi connectivity index (χ3v) is 4.49. The Labute approximate surface area is 143 Å². The van der Waals surface area contributed by atoms with Gasteiger partial charge < -0.3 is 15.7 Å². The fourth-order valence-corrected chi connectivity index (χ4v) is 3.11. The van der Waals surface area contributed by atoms with Gasteiger partial charge >= 0.3 is 0 Å². The molecule has 1 aromatic rings. The van der Waals surface area contributed by atoms with Crippen molar-refractivity contribution in [2.24, 2.45) is 0 Å². The molecule has 2 amide bonds. The van der Waals surface area contributed by atoms with Crippen LogP contribution in [0.3, 0.4) is 0 Å². The first kappa shape index (κ1) is 18.5. The molecule has 1 fully saturated rings. The lowest BCUT2D eigenvalue weighted by Gasteiger charge is -2.31. The van der Waals surface area contributed by atoms with Gasteiger partial charge in [-0.2, -0.15) is 0 Å². The molecule has 3 N–H and O–H groups in total. The van der Waals surface area contributed by atoms with Gasteiger partial charge in [-0.05, 0) is 37.0 Å². The lowest BCUT2D eigenvalue weighted by molar-refractivity contribution is -0.127. The Morgan fingerprint density at radius 3 is 2.62 bits per heavy atom. The average molecular weight is 332 g/mol. The van der Waals surface area contributed by atoms with Crippen molar-refractivity contribution in [3.8, 4) is 0 Å². The number of hydrogen-bond acceptors (Lipinski definition) is 3. The van der Waals surface area contributed by atoms with E-state index in [4.69, 9.17) is 0 Å². The molecule has 2 rings (SSSR count). The quantitative estimate of drug-likeness (QED) is 0.718. The second-order valence-electron chi connectivity index (χ2n) is 6.69. The van der Waals surface area contributed by atoms with E-state index in [1.165, 1.54) is 0 Å². The topological polar surface area (TPSA) is 78.4 Å². The molecule has 0 radical (unpaired) electrons. The van der Waals surface area contributed by atoms with Crippen LogP contribution < -0.4 is 10.6 Å². The predicted octanol–water partition coefficient (Wildman–Crippen LogP) is 2.53. The minimum atomic E-state index is -0.843. The van der Waals surface area contributed by atoms with Crippen LogP contribution in [0.2, 0.25) is 0 Å². The molecule has 0 aromatic heterocycles. The Morgan fingerprint density at radius 2 is 1.92 bits per heavy atom. The molecule has 24 heavy (non-hydrogen) atoms. The van der Waals surface area contributed by atoms with Crippen molar-refractivity contribution in [2.45, 2.75) is 64.0 Å². The van der Waals surface area contributed by atoms with Crippen LogP contribution in [0.1, 0.15) is 67.8 Å². The van der Waals surface area contributed by atoms with Gasteiger partial charge in [-0.15, -0.1) is 0 Å². The highest BCUT2D eigenvalue weighted by molar-refractivity contribution is 5.94. The van der Waals surface area contributed by atoms with Gasteiger partial charge in [-0.1, -0.05) is 38.3 Å². The number of hydrogen-bond donors (Lipinski definition) is 3.